The fourth-order valence-electron chi connectivity index (χ4n) is 2.70. The van der Waals surface area contributed by atoms with Crippen molar-refractivity contribution in [3.63, 3.8) is 0 Å². The van der Waals surface area contributed by atoms with Crippen LogP contribution in [-0.4, -0.2) is 17.2 Å². The number of urea groups is 1. The summed E-state index contributed by atoms with van der Waals surface area (Å²) >= 11 is 0. The van der Waals surface area contributed by atoms with Crippen molar-refractivity contribution in [2.75, 3.05) is 0 Å². The molecule has 0 heterocycles. The van der Waals surface area contributed by atoms with Gasteiger partial charge in [0.1, 0.15) is 0 Å². The van der Waals surface area contributed by atoms with Crippen LogP contribution in [0.2, 0.25) is 0 Å². The maximum absolute atomic E-state index is 11.8. The van der Waals surface area contributed by atoms with E-state index in [0.717, 1.165) is 24.0 Å². The van der Waals surface area contributed by atoms with Crippen LogP contribution in [-0.2, 0) is 12.1 Å². The lowest BCUT2D eigenvalue weighted by molar-refractivity contribution is 0.0786. The molecule has 1 aliphatic rings. The number of aliphatic hydroxyl groups is 1. The third-order valence-corrected chi connectivity index (χ3v) is 4.05. The van der Waals surface area contributed by atoms with Crippen LogP contribution in [0.5, 0.6) is 0 Å². The third kappa shape index (κ3) is 5.05. The summed E-state index contributed by atoms with van der Waals surface area (Å²) in [5, 5.41) is 15.8. The highest BCUT2D eigenvalue weighted by Crippen LogP contribution is 2.19. The van der Waals surface area contributed by atoms with Gasteiger partial charge in [0.05, 0.1) is 5.60 Å². The predicted octanol–water partition coefficient (Wildman–Crippen LogP) is 3.05. The lowest BCUT2D eigenvalue weighted by Gasteiger charge is -2.23. The molecule has 0 aromatic heterocycles. The van der Waals surface area contributed by atoms with E-state index in [1.54, 1.807) is 13.8 Å². The van der Waals surface area contributed by atoms with Crippen molar-refractivity contribution >= 4 is 6.03 Å². The van der Waals surface area contributed by atoms with Gasteiger partial charge < -0.3 is 15.7 Å². The average molecular weight is 290 g/mol. The van der Waals surface area contributed by atoms with E-state index < -0.39 is 5.60 Å². The summed E-state index contributed by atoms with van der Waals surface area (Å²) in [6, 6.07) is 7.92. The van der Waals surface area contributed by atoms with Gasteiger partial charge in [-0.1, -0.05) is 43.5 Å². The molecule has 1 fully saturated rings. The molecule has 2 amide bonds. The largest absolute Gasteiger partial charge is 0.386 e. The smallest absolute Gasteiger partial charge is 0.315 e. The van der Waals surface area contributed by atoms with Gasteiger partial charge >= 0.3 is 6.03 Å². The van der Waals surface area contributed by atoms with Gasteiger partial charge in [-0.2, -0.15) is 0 Å². The first-order chi connectivity index (χ1) is 9.95. The zero-order chi connectivity index (χ0) is 15.3. The summed E-state index contributed by atoms with van der Waals surface area (Å²) in [5.41, 5.74) is 1.07. The predicted molar refractivity (Wildman–Crippen MR) is 83.9 cm³/mol. The van der Waals surface area contributed by atoms with Crippen molar-refractivity contribution < 1.29 is 9.90 Å². The second-order valence-electron chi connectivity index (χ2n) is 6.42. The van der Waals surface area contributed by atoms with Crippen LogP contribution in [0.3, 0.4) is 0 Å². The van der Waals surface area contributed by atoms with Crippen molar-refractivity contribution in [2.45, 2.75) is 64.1 Å². The highest BCUT2D eigenvalue weighted by atomic mass is 16.3. The first-order valence-corrected chi connectivity index (χ1v) is 7.81. The fourth-order valence-corrected chi connectivity index (χ4v) is 2.70. The van der Waals surface area contributed by atoms with Gasteiger partial charge in [-0.3, -0.25) is 0 Å². The molecule has 0 aliphatic heterocycles. The van der Waals surface area contributed by atoms with Gasteiger partial charge in [-0.15, -0.1) is 0 Å². The van der Waals surface area contributed by atoms with E-state index in [9.17, 15) is 9.90 Å². The normalized spacial score (nSPS) is 16.5. The van der Waals surface area contributed by atoms with E-state index >= 15 is 0 Å². The molecule has 4 nitrogen and oxygen atoms in total. The SMILES string of the molecule is CC(C)(O)c1ccc(CNC(=O)NC2CCCCC2)cc1. The van der Waals surface area contributed by atoms with Crippen LogP contribution in [0.4, 0.5) is 4.79 Å². The van der Waals surface area contributed by atoms with Gasteiger partial charge in [-0.25, -0.2) is 4.79 Å². The first kappa shape index (κ1) is 15.8. The number of carbonyl (C=O) groups is 1. The van der Waals surface area contributed by atoms with Crippen molar-refractivity contribution in [3.8, 4) is 0 Å². The summed E-state index contributed by atoms with van der Waals surface area (Å²) in [4.78, 5) is 11.8. The Morgan fingerprint density at radius 3 is 2.38 bits per heavy atom. The summed E-state index contributed by atoms with van der Waals surface area (Å²) in [6.07, 6.45) is 5.89. The Bertz CT molecular complexity index is 457. The van der Waals surface area contributed by atoms with E-state index in [-0.39, 0.29) is 6.03 Å². The van der Waals surface area contributed by atoms with Crippen LogP contribution in [0.15, 0.2) is 24.3 Å². The van der Waals surface area contributed by atoms with Crippen LogP contribution in [0.25, 0.3) is 0 Å². The quantitative estimate of drug-likeness (QED) is 0.798. The lowest BCUT2D eigenvalue weighted by atomic mass is 9.96. The monoisotopic (exact) mass is 290 g/mol. The summed E-state index contributed by atoms with van der Waals surface area (Å²) in [5.74, 6) is 0. The van der Waals surface area contributed by atoms with E-state index in [1.165, 1.54) is 19.3 Å². The van der Waals surface area contributed by atoms with Crippen LogP contribution >= 0.6 is 0 Å². The van der Waals surface area contributed by atoms with E-state index in [4.69, 9.17) is 0 Å². The Morgan fingerprint density at radius 1 is 1.19 bits per heavy atom. The summed E-state index contributed by atoms with van der Waals surface area (Å²) in [7, 11) is 0. The van der Waals surface area contributed by atoms with Gasteiger partial charge in [-0.05, 0) is 37.8 Å². The molecule has 2 rings (SSSR count). The second-order valence-corrected chi connectivity index (χ2v) is 6.42. The maximum Gasteiger partial charge on any atom is 0.315 e. The molecule has 1 aromatic carbocycles. The Kier molecular flexibility index (Phi) is 5.23. The first-order valence-electron chi connectivity index (χ1n) is 7.81. The molecule has 116 valence electrons. The molecular weight excluding hydrogens is 264 g/mol. The molecule has 0 atom stereocenters. The maximum atomic E-state index is 11.8. The molecule has 1 aliphatic carbocycles. The lowest BCUT2D eigenvalue weighted by Crippen LogP contribution is -2.42. The minimum absolute atomic E-state index is 0.0894. The third-order valence-electron chi connectivity index (χ3n) is 4.05. The number of hydrogen-bond donors (Lipinski definition) is 3. The number of benzene rings is 1. The molecule has 21 heavy (non-hydrogen) atoms. The zero-order valence-corrected chi connectivity index (χ0v) is 13.0. The molecular formula is C17H26N2O2. The number of nitrogens with one attached hydrogen (secondary N) is 2. The van der Waals surface area contributed by atoms with Gasteiger partial charge in [0.15, 0.2) is 0 Å². The van der Waals surface area contributed by atoms with Crippen LogP contribution in [0.1, 0.15) is 57.1 Å². The van der Waals surface area contributed by atoms with Crippen molar-refractivity contribution in [1.82, 2.24) is 10.6 Å². The fraction of sp³-hybridized carbons (Fsp3) is 0.588. The molecule has 0 saturated heterocycles. The Morgan fingerprint density at radius 2 is 1.81 bits per heavy atom. The van der Waals surface area contributed by atoms with Gasteiger partial charge in [0, 0.05) is 12.6 Å². The van der Waals surface area contributed by atoms with Crippen molar-refractivity contribution in [2.24, 2.45) is 0 Å². The molecule has 0 radical (unpaired) electrons. The molecule has 0 bridgehead atoms. The van der Waals surface area contributed by atoms with Gasteiger partial charge in [0.25, 0.3) is 0 Å². The molecule has 1 aromatic rings. The zero-order valence-electron chi connectivity index (χ0n) is 13.0. The standard InChI is InChI=1S/C17H26N2O2/c1-17(2,21)14-10-8-13(9-11-14)12-18-16(20)19-15-6-4-3-5-7-15/h8-11,15,21H,3-7,12H2,1-2H3,(H2,18,19,20). The molecule has 0 unspecified atom stereocenters. The molecule has 4 heteroatoms. The Balaban J connectivity index is 1.78. The molecule has 1 saturated carbocycles. The minimum atomic E-state index is -0.829. The van der Waals surface area contributed by atoms with Crippen LogP contribution in [0, 0.1) is 0 Å². The molecule has 3 N–H and O–H groups in total. The summed E-state index contributed by atoms with van der Waals surface area (Å²) < 4.78 is 0. The number of rotatable bonds is 4. The van der Waals surface area contributed by atoms with Crippen molar-refractivity contribution in [1.29, 1.82) is 0 Å². The van der Waals surface area contributed by atoms with Crippen molar-refractivity contribution in [3.05, 3.63) is 35.4 Å². The second kappa shape index (κ2) is 6.94. The Labute approximate surface area is 126 Å². The molecule has 0 spiro atoms. The highest BCUT2D eigenvalue weighted by Gasteiger charge is 2.16. The van der Waals surface area contributed by atoms with Gasteiger partial charge in [0.2, 0.25) is 0 Å². The summed E-state index contributed by atoms with van der Waals surface area (Å²) in [6.45, 7) is 4.03. The van der Waals surface area contributed by atoms with E-state index in [2.05, 4.69) is 10.6 Å². The minimum Gasteiger partial charge on any atom is -0.386 e. The number of amides is 2. The number of carbonyl (C=O) groups excluding carboxylic acids is 1. The number of hydrogen-bond acceptors (Lipinski definition) is 2. The van der Waals surface area contributed by atoms with Crippen LogP contribution < -0.4 is 10.6 Å². The van der Waals surface area contributed by atoms with E-state index in [0.29, 0.717) is 12.6 Å². The highest BCUT2D eigenvalue weighted by molar-refractivity contribution is 5.74. The topological polar surface area (TPSA) is 61.4 Å². The Hall–Kier alpha value is -1.55. The average Bonchev–Trinajstić information content (AvgIpc) is 2.46. The van der Waals surface area contributed by atoms with E-state index in [1.807, 2.05) is 24.3 Å².